The SMILES string of the molecule is Cn1cc(C2C(C(=O)C(C)(C)C)=C(O)C(=O)N2C2CCCC2)c2ccccc21. The third kappa shape index (κ3) is 2.76. The minimum Gasteiger partial charge on any atom is -0.503 e. The van der Waals surface area contributed by atoms with Crippen molar-refractivity contribution in [3.8, 4) is 0 Å². The molecule has 1 N–H and O–H groups in total. The van der Waals surface area contributed by atoms with Gasteiger partial charge in [-0.15, -0.1) is 0 Å². The number of aromatic nitrogens is 1. The number of hydrogen-bond acceptors (Lipinski definition) is 3. The van der Waals surface area contributed by atoms with Crippen LogP contribution in [0.5, 0.6) is 0 Å². The van der Waals surface area contributed by atoms with Gasteiger partial charge in [-0.05, 0) is 18.9 Å². The Morgan fingerprint density at radius 2 is 1.79 bits per heavy atom. The molecule has 148 valence electrons. The number of aryl methyl sites for hydroxylation is 1. The van der Waals surface area contributed by atoms with E-state index in [2.05, 4.69) is 0 Å². The summed E-state index contributed by atoms with van der Waals surface area (Å²) in [6.45, 7) is 5.50. The van der Waals surface area contributed by atoms with Crippen molar-refractivity contribution < 1.29 is 14.7 Å². The number of rotatable bonds is 3. The molecule has 1 fully saturated rings. The van der Waals surface area contributed by atoms with E-state index in [-0.39, 0.29) is 23.2 Å². The quantitative estimate of drug-likeness (QED) is 0.857. The lowest BCUT2D eigenvalue weighted by atomic mass is 9.82. The van der Waals surface area contributed by atoms with Gasteiger partial charge in [0.25, 0.3) is 5.91 Å². The number of benzene rings is 1. The lowest BCUT2D eigenvalue weighted by molar-refractivity contribution is -0.131. The molecular weight excluding hydrogens is 352 g/mol. The topological polar surface area (TPSA) is 62.5 Å². The number of Topliss-reactive ketones (excluding diaryl/α,β-unsaturated/α-hetero) is 1. The van der Waals surface area contributed by atoms with E-state index in [9.17, 15) is 14.7 Å². The Morgan fingerprint density at radius 3 is 2.43 bits per heavy atom. The molecule has 0 spiro atoms. The van der Waals surface area contributed by atoms with Crippen molar-refractivity contribution in [2.75, 3.05) is 0 Å². The molecule has 28 heavy (non-hydrogen) atoms. The van der Waals surface area contributed by atoms with Crippen molar-refractivity contribution in [2.24, 2.45) is 12.5 Å². The van der Waals surface area contributed by atoms with Gasteiger partial charge in [-0.25, -0.2) is 0 Å². The number of carbonyl (C=O) groups excluding carboxylic acids is 2. The summed E-state index contributed by atoms with van der Waals surface area (Å²) in [6.07, 6.45) is 5.97. The monoisotopic (exact) mass is 380 g/mol. The Kier molecular flexibility index (Phi) is 4.36. The molecule has 1 aromatic carbocycles. The summed E-state index contributed by atoms with van der Waals surface area (Å²) in [7, 11) is 1.97. The number of hydrogen-bond donors (Lipinski definition) is 1. The minimum atomic E-state index is -0.682. The van der Waals surface area contributed by atoms with Crippen LogP contribution >= 0.6 is 0 Å². The van der Waals surface area contributed by atoms with Gasteiger partial charge < -0.3 is 14.6 Å². The maximum Gasteiger partial charge on any atom is 0.290 e. The summed E-state index contributed by atoms with van der Waals surface area (Å²) >= 11 is 0. The fourth-order valence-electron chi connectivity index (χ4n) is 4.71. The Morgan fingerprint density at radius 1 is 1.14 bits per heavy atom. The largest absolute Gasteiger partial charge is 0.503 e. The van der Waals surface area contributed by atoms with E-state index in [4.69, 9.17) is 0 Å². The average Bonchev–Trinajstić information content (AvgIpc) is 3.33. The number of aliphatic hydroxyl groups is 1. The van der Waals surface area contributed by atoms with Gasteiger partial charge in [-0.1, -0.05) is 51.8 Å². The first kappa shape index (κ1) is 18.8. The van der Waals surface area contributed by atoms with Gasteiger partial charge in [0.05, 0.1) is 11.6 Å². The lowest BCUT2D eigenvalue weighted by Gasteiger charge is -2.33. The first-order valence-electron chi connectivity index (χ1n) is 10.1. The fraction of sp³-hybridized carbons (Fsp3) is 0.478. The fourth-order valence-corrected chi connectivity index (χ4v) is 4.71. The lowest BCUT2D eigenvalue weighted by Crippen LogP contribution is -2.39. The molecule has 5 nitrogen and oxygen atoms in total. The highest BCUT2D eigenvalue weighted by molar-refractivity contribution is 6.11. The summed E-state index contributed by atoms with van der Waals surface area (Å²) in [4.78, 5) is 28.2. The van der Waals surface area contributed by atoms with Crippen LogP contribution in [0.25, 0.3) is 10.9 Å². The molecule has 2 aliphatic rings. The van der Waals surface area contributed by atoms with E-state index in [1.165, 1.54) is 0 Å². The molecule has 0 saturated heterocycles. The normalized spacial score (nSPS) is 21.4. The van der Waals surface area contributed by atoms with Crippen molar-refractivity contribution in [2.45, 2.75) is 58.5 Å². The van der Waals surface area contributed by atoms with E-state index in [1.807, 2.05) is 62.8 Å². The highest BCUT2D eigenvalue weighted by Crippen LogP contribution is 2.46. The summed E-state index contributed by atoms with van der Waals surface area (Å²) in [6, 6.07) is 7.53. The molecule has 1 aliphatic heterocycles. The van der Waals surface area contributed by atoms with Crippen LogP contribution in [0.4, 0.5) is 0 Å². The van der Waals surface area contributed by atoms with Crippen LogP contribution in [-0.2, 0) is 16.6 Å². The summed E-state index contributed by atoms with van der Waals surface area (Å²) < 4.78 is 2.02. The van der Waals surface area contributed by atoms with Gasteiger partial charge in [-0.3, -0.25) is 9.59 Å². The number of fused-ring (bicyclic) bond motifs is 1. The molecule has 1 aliphatic carbocycles. The van der Waals surface area contributed by atoms with E-state index < -0.39 is 17.4 Å². The van der Waals surface area contributed by atoms with Crippen LogP contribution in [0.15, 0.2) is 41.8 Å². The Balaban J connectivity index is 1.94. The highest BCUT2D eigenvalue weighted by atomic mass is 16.3. The molecule has 0 bridgehead atoms. The standard InChI is InChI=1S/C23H28N2O3/c1-23(2,3)21(27)18-19(16-13-24(4)17-12-8-7-11-15(16)17)25(22(28)20(18)26)14-9-5-6-10-14/h7-8,11-14,19,26H,5-6,9-10H2,1-4H3. The molecule has 5 heteroatoms. The van der Waals surface area contributed by atoms with Crippen LogP contribution in [-0.4, -0.2) is 32.3 Å². The van der Waals surface area contributed by atoms with Crippen molar-refractivity contribution in [1.29, 1.82) is 0 Å². The molecule has 2 heterocycles. The third-order valence-electron chi connectivity index (χ3n) is 6.11. The number of para-hydroxylation sites is 1. The molecule has 1 amide bonds. The first-order valence-corrected chi connectivity index (χ1v) is 10.1. The molecule has 1 unspecified atom stereocenters. The molecular formula is C23H28N2O3. The van der Waals surface area contributed by atoms with Crippen LogP contribution in [0.1, 0.15) is 58.1 Å². The zero-order valence-corrected chi connectivity index (χ0v) is 17.0. The second kappa shape index (κ2) is 6.50. The molecule has 0 radical (unpaired) electrons. The second-order valence-electron chi connectivity index (χ2n) is 9.11. The van der Waals surface area contributed by atoms with Crippen LogP contribution in [0.2, 0.25) is 0 Å². The number of nitrogens with zero attached hydrogens (tertiary/aromatic N) is 2. The molecule has 4 rings (SSSR count). The Hall–Kier alpha value is -2.56. The zero-order valence-electron chi connectivity index (χ0n) is 17.0. The zero-order chi connectivity index (χ0) is 20.2. The Bertz CT molecular complexity index is 987. The van der Waals surface area contributed by atoms with Gasteiger partial charge in [0, 0.05) is 41.2 Å². The molecule has 1 aromatic heterocycles. The number of aliphatic hydroxyl groups excluding tert-OH is 1. The van der Waals surface area contributed by atoms with Gasteiger partial charge in [-0.2, -0.15) is 0 Å². The minimum absolute atomic E-state index is 0.0592. The van der Waals surface area contributed by atoms with Crippen molar-refractivity contribution in [3.05, 3.63) is 47.4 Å². The smallest absolute Gasteiger partial charge is 0.290 e. The van der Waals surface area contributed by atoms with Gasteiger partial charge in [0.2, 0.25) is 0 Å². The van der Waals surface area contributed by atoms with E-state index >= 15 is 0 Å². The van der Waals surface area contributed by atoms with Crippen molar-refractivity contribution >= 4 is 22.6 Å². The number of ketones is 1. The van der Waals surface area contributed by atoms with E-state index in [0.29, 0.717) is 0 Å². The van der Waals surface area contributed by atoms with Gasteiger partial charge in [0.15, 0.2) is 11.5 Å². The van der Waals surface area contributed by atoms with E-state index in [1.54, 1.807) is 4.90 Å². The van der Waals surface area contributed by atoms with Gasteiger partial charge in [0.1, 0.15) is 0 Å². The van der Waals surface area contributed by atoms with Crippen molar-refractivity contribution in [3.63, 3.8) is 0 Å². The highest BCUT2D eigenvalue weighted by Gasteiger charge is 2.49. The summed E-state index contributed by atoms with van der Waals surface area (Å²) in [5, 5.41) is 11.8. The third-order valence-corrected chi connectivity index (χ3v) is 6.11. The maximum atomic E-state index is 13.3. The average molecular weight is 380 g/mol. The summed E-state index contributed by atoms with van der Waals surface area (Å²) in [5.41, 5.74) is 1.53. The van der Waals surface area contributed by atoms with Crippen molar-refractivity contribution in [1.82, 2.24) is 9.47 Å². The predicted octanol–water partition coefficient (Wildman–Crippen LogP) is 4.43. The predicted molar refractivity (Wildman–Crippen MR) is 109 cm³/mol. The molecule has 2 aromatic rings. The van der Waals surface area contributed by atoms with Crippen LogP contribution in [0, 0.1) is 5.41 Å². The van der Waals surface area contributed by atoms with Crippen LogP contribution < -0.4 is 0 Å². The van der Waals surface area contributed by atoms with E-state index in [0.717, 1.165) is 42.1 Å². The number of carbonyl (C=O) groups is 2. The van der Waals surface area contributed by atoms with Gasteiger partial charge >= 0.3 is 0 Å². The maximum absolute atomic E-state index is 13.3. The van der Waals surface area contributed by atoms with Crippen LogP contribution in [0.3, 0.4) is 0 Å². The Labute approximate surface area is 165 Å². The molecule has 1 saturated carbocycles. The number of amides is 1. The first-order chi connectivity index (χ1) is 13.2. The summed E-state index contributed by atoms with van der Waals surface area (Å²) in [5.74, 6) is -0.945. The second-order valence-corrected chi connectivity index (χ2v) is 9.11. The molecule has 1 atom stereocenters.